The molecule has 0 aliphatic carbocycles. The number of rotatable bonds is 8. The molecule has 7 heteroatoms. The zero-order chi connectivity index (χ0) is 18.2. The van der Waals surface area contributed by atoms with Crippen LogP contribution in [0, 0.1) is 0 Å². The number of ether oxygens (including phenoxy) is 3. The molecule has 0 radical (unpaired) electrons. The van der Waals surface area contributed by atoms with Crippen molar-refractivity contribution in [1.29, 1.82) is 0 Å². The molecule has 0 heterocycles. The Bertz CT molecular complexity index is 707. The van der Waals surface area contributed by atoms with E-state index in [0.717, 1.165) is 5.75 Å². The molecule has 1 N–H and O–H groups in total. The second-order valence-electron chi connectivity index (χ2n) is 5.32. The van der Waals surface area contributed by atoms with Crippen LogP contribution in [0.2, 0.25) is 10.0 Å². The van der Waals surface area contributed by atoms with Crippen LogP contribution in [0.4, 0.5) is 0 Å². The lowest BCUT2D eigenvalue weighted by molar-refractivity contribution is -0.123. The van der Waals surface area contributed by atoms with Gasteiger partial charge < -0.3 is 19.5 Å². The van der Waals surface area contributed by atoms with Crippen LogP contribution in [0.1, 0.15) is 6.92 Å². The quantitative estimate of drug-likeness (QED) is 0.749. The summed E-state index contributed by atoms with van der Waals surface area (Å²) in [7, 11) is 1.60. The lowest BCUT2D eigenvalue weighted by Crippen LogP contribution is -2.39. The van der Waals surface area contributed by atoms with Crippen LogP contribution >= 0.6 is 23.2 Å². The maximum absolute atomic E-state index is 11.9. The van der Waals surface area contributed by atoms with Gasteiger partial charge in [0.1, 0.15) is 23.9 Å². The van der Waals surface area contributed by atoms with E-state index in [4.69, 9.17) is 37.4 Å². The third-order valence-electron chi connectivity index (χ3n) is 3.22. The van der Waals surface area contributed by atoms with Gasteiger partial charge in [-0.05, 0) is 49.4 Å². The van der Waals surface area contributed by atoms with Crippen LogP contribution in [0.5, 0.6) is 17.2 Å². The molecule has 0 aliphatic rings. The Balaban J connectivity index is 1.73. The Labute approximate surface area is 156 Å². The fourth-order valence-corrected chi connectivity index (χ4v) is 2.45. The van der Waals surface area contributed by atoms with Crippen LogP contribution in [0.3, 0.4) is 0 Å². The molecule has 5 nitrogen and oxygen atoms in total. The molecule has 0 bridgehead atoms. The van der Waals surface area contributed by atoms with Gasteiger partial charge in [0.2, 0.25) is 0 Å². The largest absolute Gasteiger partial charge is 0.497 e. The van der Waals surface area contributed by atoms with Crippen molar-refractivity contribution in [1.82, 2.24) is 5.32 Å². The summed E-state index contributed by atoms with van der Waals surface area (Å²) in [6.45, 7) is 2.03. The fourth-order valence-electron chi connectivity index (χ4n) is 1.99. The Morgan fingerprint density at radius 1 is 1.08 bits per heavy atom. The van der Waals surface area contributed by atoms with E-state index in [1.165, 1.54) is 0 Å². The van der Waals surface area contributed by atoms with E-state index in [9.17, 15) is 4.79 Å². The van der Waals surface area contributed by atoms with Crippen LogP contribution in [0.15, 0.2) is 42.5 Å². The number of carbonyl (C=O) groups excluding carboxylic acids is 1. The van der Waals surface area contributed by atoms with Gasteiger partial charge in [-0.2, -0.15) is 0 Å². The van der Waals surface area contributed by atoms with E-state index in [1.807, 2.05) is 19.1 Å². The first-order valence-electron chi connectivity index (χ1n) is 7.62. The van der Waals surface area contributed by atoms with E-state index in [0.29, 0.717) is 28.2 Å². The minimum atomic E-state index is -0.267. The van der Waals surface area contributed by atoms with Crippen molar-refractivity contribution in [2.24, 2.45) is 0 Å². The molecule has 1 unspecified atom stereocenters. The van der Waals surface area contributed by atoms with E-state index in [1.54, 1.807) is 37.4 Å². The molecule has 1 amide bonds. The molecule has 0 saturated carbocycles. The molecule has 1 atom stereocenters. The summed E-state index contributed by atoms with van der Waals surface area (Å²) in [5.74, 6) is 1.60. The zero-order valence-electron chi connectivity index (χ0n) is 13.9. The topological polar surface area (TPSA) is 56.8 Å². The summed E-state index contributed by atoms with van der Waals surface area (Å²) in [6, 6.07) is 11.9. The molecule has 0 aliphatic heterocycles. The minimum Gasteiger partial charge on any atom is -0.497 e. The van der Waals surface area contributed by atoms with Crippen LogP contribution in [-0.4, -0.2) is 32.3 Å². The van der Waals surface area contributed by atoms with Gasteiger partial charge in [0.15, 0.2) is 6.61 Å². The highest BCUT2D eigenvalue weighted by Crippen LogP contribution is 2.27. The van der Waals surface area contributed by atoms with Gasteiger partial charge in [-0.1, -0.05) is 23.2 Å². The Morgan fingerprint density at radius 3 is 2.40 bits per heavy atom. The predicted molar refractivity (Wildman–Crippen MR) is 98.1 cm³/mol. The Hall–Kier alpha value is -2.11. The highest BCUT2D eigenvalue weighted by Gasteiger charge is 2.10. The van der Waals surface area contributed by atoms with Gasteiger partial charge in [0, 0.05) is 5.02 Å². The van der Waals surface area contributed by atoms with Crippen molar-refractivity contribution in [3.63, 3.8) is 0 Å². The smallest absolute Gasteiger partial charge is 0.258 e. The molecule has 134 valence electrons. The van der Waals surface area contributed by atoms with Crippen molar-refractivity contribution in [2.75, 3.05) is 20.3 Å². The predicted octanol–water partition coefficient (Wildman–Crippen LogP) is 3.96. The summed E-state index contributed by atoms with van der Waals surface area (Å²) >= 11 is 11.8. The number of carbonyl (C=O) groups is 1. The normalized spacial score (nSPS) is 11.5. The van der Waals surface area contributed by atoms with E-state index in [-0.39, 0.29) is 18.6 Å². The maximum atomic E-state index is 11.9. The fraction of sp³-hybridized carbons (Fsp3) is 0.278. The van der Waals surface area contributed by atoms with Gasteiger partial charge in [0.05, 0.1) is 18.2 Å². The van der Waals surface area contributed by atoms with Gasteiger partial charge in [-0.25, -0.2) is 0 Å². The van der Waals surface area contributed by atoms with Gasteiger partial charge in [0.25, 0.3) is 5.91 Å². The Morgan fingerprint density at radius 2 is 1.76 bits per heavy atom. The molecule has 2 aromatic rings. The molecular formula is C18H19Cl2NO4. The first kappa shape index (κ1) is 19.2. The molecular weight excluding hydrogens is 365 g/mol. The highest BCUT2D eigenvalue weighted by atomic mass is 35.5. The zero-order valence-corrected chi connectivity index (χ0v) is 15.4. The summed E-state index contributed by atoms with van der Waals surface area (Å²) < 4.78 is 16.1. The summed E-state index contributed by atoms with van der Waals surface area (Å²) in [5, 5.41) is 3.65. The number of benzene rings is 2. The van der Waals surface area contributed by atoms with E-state index < -0.39 is 0 Å². The van der Waals surface area contributed by atoms with E-state index >= 15 is 0 Å². The van der Waals surface area contributed by atoms with Crippen LogP contribution < -0.4 is 19.5 Å². The molecule has 0 saturated heterocycles. The number of hydrogen-bond acceptors (Lipinski definition) is 4. The van der Waals surface area contributed by atoms with Crippen LogP contribution in [-0.2, 0) is 4.79 Å². The monoisotopic (exact) mass is 383 g/mol. The highest BCUT2D eigenvalue weighted by molar-refractivity contribution is 6.35. The standard InChI is InChI=1S/C18H19Cl2NO4/c1-12(10-24-15-6-4-14(23-2)5-7-15)21-18(22)11-25-17-8-3-13(19)9-16(17)20/h3-9,12H,10-11H2,1-2H3,(H,21,22). The first-order valence-corrected chi connectivity index (χ1v) is 8.37. The summed E-state index contributed by atoms with van der Waals surface area (Å²) in [5.41, 5.74) is 0. The lowest BCUT2D eigenvalue weighted by atomic mass is 10.3. The lowest BCUT2D eigenvalue weighted by Gasteiger charge is -2.16. The second kappa shape index (κ2) is 9.39. The third-order valence-corrected chi connectivity index (χ3v) is 3.75. The first-order chi connectivity index (χ1) is 12.0. The third kappa shape index (κ3) is 6.36. The SMILES string of the molecule is COc1ccc(OCC(C)NC(=O)COc2ccc(Cl)cc2Cl)cc1. The maximum Gasteiger partial charge on any atom is 0.258 e. The van der Waals surface area contributed by atoms with Crippen molar-refractivity contribution in [2.45, 2.75) is 13.0 Å². The average Bonchev–Trinajstić information content (AvgIpc) is 2.59. The number of hydrogen-bond donors (Lipinski definition) is 1. The van der Waals surface area contributed by atoms with Crippen molar-refractivity contribution >= 4 is 29.1 Å². The summed E-state index contributed by atoms with van der Waals surface area (Å²) in [4.78, 5) is 11.9. The second-order valence-corrected chi connectivity index (χ2v) is 6.16. The van der Waals surface area contributed by atoms with Gasteiger partial charge in [-0.3, -0.25) is 4.79 Å². The summed E-state index contributed by atoms with van der Waals surface area (Å²) in [6.07, 6.45) is 0. The molecule has 2 rings (SSSR count). The number of amides is 1. The Kier molecular flexibility index (Phi) is 7.22. The number of methoxy groups -OCH3 is 1. The van der Waals surface area contributed by atoms with Gasteiger partial charge >= 0.3 is 0 Å². The van der Waals surface area contributed by atoms with Crippen LogP contribution in [0.25, 0.3) is 0 Å². The molecule has 25 heavy (non-hydrogen) atoms. The average molecular weight is 384 g/mol. The molecule has 0 aromatic heterocycles. The number of halogens is 2. The van der Waals surface area contributed by atoms with Crippen molar-refractivity contribution in [3.8, 4) is 17.2 Å². The molecule has 0 fully saturated rings. The van der Waals surface area contributed by atoms with Crippen molar-refractivity contribution in [3.05, 3.63) is 52.5 Å². The molecule has 0 spiro atoms. The molecule has 2 aromatic carbocycles. The minimum absolute atomic E-state index is 0.145. The van der Waals surface area contributed by atoms with Crippen molar-refractivity contribution < 1.29 is 19.0 Å². The number of nitrogens with one attached hydrogen (secondary N) is 1. The van der Waals surface area contributed by atoms with E-state index in [2.05, 4.69) is 5.32 Å². The van der Waals surface area contributed by atoms with Gasteiger partial charge in [-0.15, -0.1) is 0 Å².